The van der Waals surface area contributed by atoms with E-state index in [0.717, 1.165) is 12.1 Å². The first kappa shape index (κ1) is 23.8. The number of carbonyl (C=O) groups excluding carboxylic acids is 2. The number of carbonyl (C=O) groups is 2. The van der Waals surface area contributed by atoms with E-state index in [9.17, 15) is 22.8 Å². The maximum atomic E-state index is 13.1. The van der Waals surface area contributed by atoms with Crippen LogP contribution in [0.5, 0.6) is 11.5 Å². The van der Waals surface area contributed by atoms with Gasteiger partial charge in [0.15, 0.2) is 0 Å². The summed E-state index contributed by atoms with van der Waals surface area (Å²) in [5.74, 6) is -0.124. The molecule has 0 aliphatic heterocycles. The molecule has 0 heterocycles. The molecule has 0 aliphatic carbocycles. The first-order valence-corrected chi connectivity index (χ1v) is 9.34. The summed E-state index contributed by atoms with van der Waals surface area (Å²) in [6.07, 6.45) is -1.81. The van der Waals surface area contributed by atoms with Crippen molar-refractivity contribution in [1.82, 2.24) is 4.90 Å². The molecule has 2 rings (SSSR count). The zero-order valence-corrected chi connectivity index (χ0v) is 17.3. The van der Waals surface area contributed by atoms with Crippen LogP contribution in [-0.4, -0.2) is 44.0 Å². The van der Waals surface area contributed by atoms with E-state index < -0.39 is 30.1 Å². The van der Waals surface area contributed by atoms with E-state index in [0.29, 0.717) is 17.1 Å². The van der Waals surface area contributed by atoms with Gasteiger partial charge in [-0.3, -0.25) is 9.59 Å². The first-order valence-electron chi connectivity index (χ1n) is 9.34. The molecule has 166 valence electrons. The molecule has 31 heavy (non-hydrogen) atoms. The SMILES string of the molecule is CCN(CC(=O)Nc1ccccc1C(F)(F)F)C(=O)/C=C/c1ccc(OC)cc1OC. The minimum atomic E-state index is -4.61. The lowest BCUT2D eigenvalue weighted by Crippen LogP contribution is -2.37. The van der Waals surface area contributed by atoms with Crippen LogP contribution in [0.25, 0.3) is 6.08 Å². The summed E-state index contributed by atoms with van der Waals surface area (Å²) in [6.45, 7) is 1.46. The molecule has 0 saturated carbocycles. The number of amides is 2. The Morgan fingerprint density at radius 2 is 1.81 bits per heavy atom. The van der Waals surface area contributed by atoms with Crippen LogP contribution >= 0.6 is 0 Å². The molecule has 2 aromatic carbocycles. The zero-order chi connectivity index (χ0) is 23.0. The van der Waals surface area contributed by atoms with E-state index in [1.165, 1.54) is 43.4 Å². The van der Waals surface area contributed by atoms with Crippen LogP contribution in [0.2, 0.25) is 0 Å². The predicted molar refractivity (Wildman–Crippen MR) is 111 cm³/mol. The van der Waals surface area contributed by atoms with Crippen LogP contribution in [0.1, 0.15) is 18.1 Å². The normalized spacial score (nSPS) is 11.3. The lowest BCUT2D eigenvalue weighted by molar-refractivity contribution is -0.137. The monoisotopic (exact) mass is 436 g/mol. The third-order valence-electron chi connectivity index (χ3n) is 4.38. The average Bonchev–Trinajstić information content (AvgIpc) is 2.75. The molecular formula is C22H23F3N2O4. The molecule has 0 unspecified atom stereocenters. The summed E-state index contributed by atoms with van der Waals surface area (Å²) in [4.78, 5) is 26.0. The molecular weight excluding hydrogens is 413 g/mol. The predicted octanol–water partition coefficient (Wildman–Crippen LogP) is 4.22. The van der Waals surface area contributed by atoms with E-state index in [2.05, 4.69) is 5.32 Å². The molecule has 0 bridgehead atoms. The highest BCUT2D eigenvalue weighted by atomic mass is 19.4. The highest BCUT2D eigenvalue weighted by molar-refractivity contribution is 5.98. The molecule has 0 saturated heterocycles. The van der Waals surface area contributed by atoms with E-state index >= 15 is 0 Å². The van der Waals surface area contributed by atoms with Crippen LogP contribution in [-0.2, 0) is 15.8 Å². The van der Waals surface area contributed by atoms with Crippen molar-refractivity contribution in [3.05, 3.63) is 59.7 Å². The van der Waals surface area contributed by atoms with Gasteiger partial charge < -0.3 is 19.7 Å². The molecule has 2 amide bonds. The minimum Gasteiger partial charge on any atom is -0.497 e. The quantitative estimate of drug-likeness (QED) is 0.629. The number of likely N-dealkylation sites (N-methyl/N-ethyl adjacent to an activating group) is 1. The molecule has 0 spiro atoms. The summed E-state index contributed by atoms with van der Waals surface area (Å²) in [7, 11) is 3.00. The number of ether oxygens (including phenoxy) is 2. The van der Waals surface area contributed by atoms with Gasteiger partial charge in [-0.1, -0.05) is 12.1 Å². The van der Waals surface area contributed by atoms with Gasteiger partial charge in [0.1, 0.15) is 18.0 Å². The number of alkyl halides is 3. The number of para-hydroxylation sites is 1. The molecule has 0 fully saturated rings. The largest absolute Gasteiger partial charge is 0.497 e. The number of anilines is 1. The number of hydrogen-bond acceptors (Lipinski definition) is 4. The summed E-state index contributed by atoms with van der Waals surface area (Å²) in [5.41, 5.74) is -0.692. The van der Waals surface area contributed by atoms with Crippen molar-refractivity contribution in [2.75, 3.05) is 32.6 Å². The second-order valence-electron chi connectivity index (χ2n) is 6.39. The van der Waals surface area contributed by atoms with Crippen molar-refractivity contribution in [1.29, 1.82) is 0 Å². The third kappa shape index (κ3) is 6.50. The topological polar surface area (TPSA) is 67.9 Å². The number of halogens is 3. The number of rotatable bonds is 8. The van der Waals surface area contributed by atoms with Gasteiger partial charge in [0.05, 0.1) is 25.5 Å². The number of methoxy groups -OCH3 is 2. The second kappa shape index (κ2) is 10.5. The first-order chi connectivity index (χ1) is 14.7. The van der Waals surface area contributed by atoms with Crippen LogP contribution in [0.15, 0.2) is 48.5 Å². The fraction of sp³-hybridized carbons (Fsp3) is 0.273. The van der Waals surface area contributed by atoms with Gasteiger partial charge in [-0.15, -0.1) is 0 Å². The smallest absolute Gasteiger partial charge is 0.418 e. The Kier molecular flexibility index (Phi) is 8.07. The van der Waals surface area contributed by atoms with Crippen molar-refractivity contribution in [3.8, 4) is 11.5 Å². The summed E-state index contributed by atoms with van der Waals surface area (Å²) < 4.78 is 49.6. The number of nitrogens with one attached hydrogen (secondary N) is 1. The van der Waals surface area contributed by atoms with Crippen molar-refractivity contribution in [2.24, 2.45) is 0 Å². The van der Waals surface area contributed by atoms with Crippen molar-refractivity contribution in [3.63, 3.8) is 0 Å². The Bertz CT molecular complexity index is 958. The van der Waals surface area contributed by atoms with Gasteiger partial charge in [0.25, 0.3) is 0 Å². The van der Waals surface area contributed by atoms with Gasteiger partial charge in [-0.25, -0.2) is 0 Å². The van der Waals surface area contributed by atoms with Gasteiger partial charge in [-0.2, -0.15) is 13.2 Å². The maximum Gasteiger partial charge on any atom is 0.418 e. The molecule has 0 aliphatic rings. The van der Waals surface area contributed by atoms with E-state index in [1.807, 2.05) is 0 Å². The fourth-order valence-corrected chi connectivity index (χ4v) is 2.77. The molecule has 1 N–H and O–H groups in total. The van der Waals surface area contributed by atoms with E-state index in [1.54, 1.807) is 25.1 Å². The Labute approximate surface area is 178 Å². The lowest BCUT2D eigenvalue weighted by Gasteiger charge is -2.20. The summed E-state index contributed by atoms with van der Waals surface area (Å²) >= 11 is 0. The third-order valence-corrected chi connectivity index (χ3v) is 4.38. The van der Waals surface area contributed by atoms with Crippen molar-refractivity contribution in [2.45, 2.75) is 13.1 Å². The standard InChI is InChI=1S/C22H23F3N2O4/c1-4-27(14-20(28)26-18-8-6-5-7-17(18)22(23,24)25)21(29)12-10-15-9-11-16(30-2)13-19(15)31-3/h5-13H,4,14H2,1-3H3,(H,26,28)/b12-10+. The van der Waals surface area contributed by atoms with Crippen LogP contribution in [0.4, 0.5) is 18.9 Å². The number of nitrogens with zero attached hydrogens (tertiary/aromatic N) is 1. The molecule has 2 aromatic rings. The van der Waals surface area contributed by atoms with Gasteiger partial charge in [0.2, 0.25) is 11.8 Å². The molecule has 9 heteroatoms. The van der Waals surface area contributed by atoms with Crippen molar-refractivity contribution < 1.29 is 32.2 Å². The summed E-state index contributed by atoms with van der Waals surface area (Å²) in [6, 6.07) is 9.73. The molecule has 6 nitrogen and oxygen atoms in total. The fourth-order valence-electron chi connectivity index (χ4n) is 2.77. The zero-order valence-electron chi connectivity index (χ0n) is 17.3. The Morgan fingerprint density at radius 3 is 2.42 bits per heavy atom. The highest BCUT2D eigenvalue weighted by Crippen LogP contribution is 2.34. The van der Waals surface area contributed by atoms with Crippen LogP contribution < -0.4 is 14.8 Å². The van der Waals surface area contributed by atoms with Gasteiger partial charge in [-0.05, 0) is 37.3 Å². The minimum absolute atomic E-state index is 0.192. The van der Waals surface area contributed by atoms with E-state index in [4.69, 9.17) is 9.47 Å². The van der Waals surface area contributed by atoms with Crippen LogP contribution in [0, 0.1) is 0 Å². The van der Waals surface area contributed by atoms with Crippen molar-refractivity contribution >= 4 is 23.6 Å². The number of hydrogen-bond donors (Lipinski definition) is 1. The molecule has 0 atom stereocenters. The lowest BCUT2D eigenvalue weighted by atomic mass is 10.1. The van der Waals surface area contributed by atoms with Gasteiger partial charge >= 0.3 is 6.18 Å². The van der Waals surface area contributed by atoms with Gasteiger partial charge in [0, 0.05) is 24.3 Å². The van der Waals surface area contributed by atoms with Crippen LogP contribution in [0.3, 0.4) is 0 Å². The number of benzene rings is 2. The Balaban J connectivity index is 2.09. The molecule has 0 aromatic heterocycles. The summed E-state index contributed by atoms with van der Waals surface area (Å²) in [5, 5.41) is 2.23. The Morgan fingerprint density at radius 1 is 1.10 bits per heavy atom. The van der Waals surface area contributed by atoms with E-state index in [-0.39, 0.29) is 12.2 Å². The second-order valence-corrected chi connectivity index (χ2v) is 6.39. The average molecular weight is 436 g/mol. The maximum absolute atomic E-state index is 13.1. The molecule has 0 radical (unpaired) electrons. The highest BCUT2D eigenvalue weighted by Gasteiger charge is 2.33. The Hall–Kier alpha value is -3.49.